The van der Waals surface area contributed by atoms with Crippen LogP contribution in [0.3, 0.4) is 0 Å². The highest BCUT2D eigenvalue weighted by molar-refractivity contribution is 7.20. The normalized spacial score (nSPS) is 15.7. The maximum Gasteiger partial charge on any atom is 0.0415 e. The van der Waals surface area contributed by atoms with Crippen LogP contribution < -0.4 is 0 Å². The van der Waals surface area contributed by atoms with Crippen molar-refractivity contribution in [1.82, 2.24) is 0 Å². The summed E-state index contributed by atoms with van der Waals surface area (Å²) in [6, 6.07) is 44.4. The van der Waals surface area contributed by atoms with E-state index in [1.807, 2.05) is 0 Å². The number of rotatable bonds is 6. The molecule has 1 aliphatic carbocycles. The summed E-state index contributed by atoms with van der Waals surface area (Å²) < 4.78 is 0. The van der Waals surface area contributed by atoms with Crippen LogP contribution in [0.15, 0.2) is 121 Å². The van der Waals surface area contributed by atoms with E-state index in [1.54, 1.807) is 0 Å². The van der Waals surface area contributed by atoms with Gasteiger partial charge in [0.15, 0.2) is 0 Å². The van der Waals surface area contributed by atoms with Crippen LogP contribution >= 0.6 is 18.5 Å². The van der Waals surface area contributed by atoms with Gasteiger partial charge in [0, 0.05) is 15.7 Å². The van der Waals surface area contributed by atoms with E-state index in [9.17, 15) is 0 Å². The molecule has 2 atom stereocenters. The molecule has 2 heteroatoms. The molecule has 0 bridgehead atoms. The van der Waals surface area contributed by atoms with Gasteiger partial charge in [-0.25, -0.2) is 0 Å². The lowest BCUT2D eigenvalue weighted by Gasteiger charge is -2.64. The Balaban J connectivity index is 1.84. The van der Waals surface area contributed by atoms with Crippen LogP contribution in [0.4, 0.5) is 0 Å². The molecule has 1 aliphatic rings. The molecule has 0 spiro atoms. The van der Waals surface area contributed by atoms with Crippen molar-refractivity contribution in [2.75, 3.05) is 0 Å². The molecule has 0 amide bonds. The van der Waals surface area contributed by atoms with E-state index < -0.39 is 0 Å². The van der Waals surface area contributed by atoms with Crippen molar-refractivity contribution in [2.24, 2.45) is 5.41 Å². The zero-order valence-corrected chi connectivity index (χ0v) is 20.6. The fraction of sp³-hybridized carbons (Fsp3) is 0.200. The van der Waals surface area contributed by atoms with Crippen LogP contribution in [-0.4, -0.2) is 0 Å². The summed E-state index contributed by atoms with van der Waals surface area (Å²) >= 11 is 0. The van der Waals surface area contributed by atoms with Crippen LogP contribution in [0.1, 0.15) is 41.5 Å². The van der Waals surface area contributed by atoms with Crippen LogP contribution in [0.25, 0.3) is 0 Å². The molecule has 160 valence electrons. The largest absolute Gasteiger partial charge is 0.121 e. The summed E-state index contributed by atoms with van der Waals surface area (Å²) in [5.41, 5.74) is 5.40. The fourth-order valence-corrected chi connectivity index (χ4v) is 7.84. The summed E-state index contributed by atoms with van der Waals surface area (Å²) in [5.74, 6) is 0. The second-order valence-electron chi connectivity index (χ2n) is 9.02. The monoisotopic (exact) mass is 452 g/mol. The summed E-state index contributed by atoms with van der Waals surface area (Å²) in [4.78, 5) is 0. The first-order valence-corrected chi connectivity index (χ1v) is 12.6. The van der Waals surface area contributed by atoms with Crippen LogP contribution in [0.2, 0.25) is 0 Å². The van der Waals surface area contributed by atoms with Crippen molar-refractivity contribution in [3.05, 3.63) is 144 Å². The standard InChI is InChI=1S/C30H30P2/c31-29(24-14-5-1-6-15-24,25-16-7-2-8-17-25)28(22-13-23-28)30(32,26-18-9-3-10-19-26)27-20-11-4-12-21-27/h1-12,14-21H,13,22-23,31-32H2. The first-order chi connectivity index (χ1) is 15.6. The highest BCUT2D eigenvalue weighted by atomic mass is 31.0. The molecular weight excluding hydrogens is 422 g/mol. The fourth-order valence-electron chi connectivity index (χ4n) is 5.87. The van der Waals surface area contributed by atoms with Gasteiger partial charge in [0.25, 0.3) is 0 Å². The predicted molar refractivity (Wildman–Crippen MR) is 143 cm³/mol. The third kappa shape index (κ3) is 3.12. The van der Waals surface area contributed by atoms with Gasteiger partial charge in [-0.3, -0.25) is 0 Å². The Labute approximate surface area is 196 Å². The first-order valence-electron chi connectivity index (χ1n) is 11.4. The smallest absolute Gasteiger partial charge is 0.0415 e. The van der Waals surface area contributed by atoms with Gasteiger partial charge in [0.2, 0.25) is 0 Å². The van der Waals surface area contributed by atoms with E-state index in [2.05, 4.69) is 140 Å². The minimum absolute atomic E-state index is 0.0270. The van der Waals surface area contributed by atoms with Crippen molar-refractivity contribution in [3.8, 4) is 0 Å². The Morgan fingerprint density at radius 2 is 0.688 bits per heavy atom. The molecule has 0 saturated heterocycles. The molecular formula is C30H30P2. The Hall–Kier alpha value is -2.26. The van der Waals surface area contributed by atoms with E-state index in [0.29, 0.717) is 0 Å². The lowest BCUT2D eigenvalue weighted by atomic mass is 9.48. The first kappa shape index (κ1) is 21.6. The molecule has 1 saturated carbocycles. The average molecular weight is 453 g/mol. The van der Waals surface area contributed by atoms with E-state index >= 15 is 0 Å². The van der Waals surface area contributed by atoms with E-state index in [-0.39, 0.29) is 15.7 Å². The molecule has 1 fully saturated rings. The molecule has 5 rings (SSSR count). The number of hydrogen-bond donors (Lipinski definition) is 0. The maximum absolute atomic E-state index is 3.36. The molecule has 32 heavy (non-hydrogen) atoms. The van der Waals surface area contributed by atoms with Gasteiger partial charge in [0.1, 0.15) is 0 Å². The van der Waals surface area contributed by atoms with E-state index in [0.717, 1.165) is 12.8 Å². The third-order valence-corrected chi connectivity index (χ3v) is 10.1. The van der Waals surface area contributed by atoms with Gasteiger partial charge in [0.05, 0.1) is 0 Å². The zero-order valence-electron chi connectivity index (χ0n) is 18.3. The Morgan fingerprint density at radius 3 is 0.875 bits per heavy atom. The van der Waals surface area contributed by atoms with Crippen molar-refractivity contribution in [1.29, 1.82) is 0 Å². The molecule has 4 aromatic rings. The number of hydrogen-bond acceptors (Lipinski definition) is 0. The molecule has 0 nitrogen and oxygen atoms in total. The molecule has 0 aliphatic heterocycles. The summed E-state index contributed by atoms with van der Waals surface area (Å²) in [5, 5.41) is -0.470. The van der Waals surface area contributed by atoms with Crippen molar-refractivity contribution in [3.63, 3.8) is 0 Å². The van der Waals surface area contributed by atoms with Crippen LogP contribution in [0.5, 0.6) is 0 Å². The summed E-state index contributed by atoms with van der Waals surface area (Å²) in [7, 11) is 6.72. The molecule has 0 aromatic heterocycles. The van der Waals surface area contributed by atoms with Crippen molar-refractivity contribution in [2.45, 2.75) is 29.6 Å². The molecule has 0 radical (unpaired) electrons. The van der Waals surface area contributed by atoms with Gasteiger partial charge < -0.3 is 0 Å². The topological polar surface area (TPSA) is 0 Å². The molecule has 2 unspecified atom stereocenters. The predicted octanol–water partition coefficient (Wildman–Crippen LogP) is 7.79. The Bertz CT molecular complexity index is 981. The molecule has 0 N–H and O–H groups in total. The van der Waals surface area contributed by atoms with Crippen LogP contribution in [-0.2, 0) is 10.3 Å². The van der Waals surface area contributed by atoms with Gasteiger partial charge in [-0.1, -0.05) is 128 Å². The highest BCUT2D eigenvalue weighted by Gasteiger charge is 2.64. The third-order valence-electron chi connectivity index (χ3n) is 7.63. The Kier molecular flexibility index (Phi) is 5.79. The van der Waals surface area contributed by atoms with Gasteiger partial charge in [-0.05, 0) is 35.1 Å². The van der Waals surface area contributed by atoms with E-state index in [1.165, 1.54) is 28.7 Å². The quantitative estimate of drug-likeness (QED) is 0.262. The summed E-state index contributed by atoms with van der Waals surface area (Å²) in [6.07, 6.45) is 3.56. The SMILES string of the molecule is PC(c1ccccc1)(c1ccccc1)C1(C(P)(c2ccccc2)c2ccccc2)CCC1. The number of benzene rings is 4. The zero-order chi connectivity index (χ0) is 22.1. The van der Waals surface area contributed by atoms with Crippen molar-refractivity contribution >= 4 is 18.5 Å². The van der Waals surface area contributed by atoms with E-state index in [4.69, 9.17) is 0 Å². The van der Waals surface area contributed by atoms with Gasteiger partial charge >= 0.3 is 0 Å². The maximum atomic E-state index is 3.36. The van der Waals surface area contributed by atoms with Gasteiger partial charge in [-0.2, -0.15) is 0 Å². The molecule has 4 aromatic carbocycles. The lowest BCUT2D eigenvalue weighted by molar-refractivity contribution is 0.0510. The minimum atomic E-state index is -0.235. The molecule has 0 heterocycles. The highest BCUT2D eigenvalue weighted by Crippen LogP contribution is 2.72. The van der Waals surface area contributed by atoms with Crippen molar-refractivity contribution < 1.29 is 0 Å². The second-order valence-corrected chi connectivity index (χ2v) is 10.7. The second kappa shape index (κ2) is 8.59. The Morgan fingerprint density at radius 1 is 0.438 bits per heavy atom. The van der Waals surface area contributed by atoms with Gasteiger partial charge in [-0.15, -0.1) is 18.5 Å². The average Bonchev–Trinajstić information content (AvgIpc) is 2.85. The van der Waals surface area contributed by atoms with Crippen LogP contribution in [0, 0.1) is 5.41 Å². The summed E-state index contributed by atoms with van der Waals surface area (Å²) in [6.45, 7) is 0. The lowest BCUT2D eigenvalue weighted by Crippen LogP contribution is -2.58. The minimum Gasteiger partial charge on any atom is -0.121 e.